The molecule has 1 aromatic rings. The third-order valence-corrected chi connectivity index (χ3v) is 2.71. The first-order valence-electron chi connectivity index (χ1n) is 5.27. The topological polar surface area (TPSA) is 26.0 Å². The molecule has 0 aliphatic rings. The molecule has 0 bridgehead atoms. The molecule has 92 valence electrons. The van der Waals surface area contributed by atoms with Gasteiger partial charge >= 0.3 is 0 Å². The monoisotopic (exact) mass is 245 g/mol. The summed E-state index contributed by atoms with van der Waals surface area (Å²) in [5, 5.41) is 0. The van der Waals surface area contributed by atoms with E-state index in [-0.39, 0.29) is 24.4 Å². The normalized spacial score (nSPS) is 15.1. The maximum Gasteiger partial charge on any atom is 0.145 e. The minimum atomic E-state index is -1.43. The molecule has 0 aliphatic carbocycles. The van der Waals surface area contributed by atoms with Gasteiger partial charge in [-0.2, -0.15) is 0 Å². The Morgan fingerprint density at radius 3 is 2.06 bits per heavy atom. The number of rotatable bonds is 2. The summed E-state index contributed by atoms with van der Waals surface area (Å²) in [4.78, 5) is 0. The second-order valence-corrected chi connectivity index (χ2v) is 5.23. The lowest BCUT2D eigenvalue weighted by Crippen LogP contribution is -2.27. The minimum absolute atomic E-state index is 0. The molecule has 0 aliphatic heterocycles. The van der Waals surface area contributed by atoms with E-state index in [1.165, 1.54) is 6.92 Å². The summed E-state index contributed by atoms with van der Waals surface area (Å²) in [5.74, 6) is 0. The first kappa shape index (κ1) is 15.4. The average molecular weight is 246 g/mol. The highest BCUT2D eigenvalue weighted by atomic mass is 35.5. The van der Waals surface area contributed by atoms with Gasteiger partial charge in [-0.1, -0.05) is 45.0 Å². The zero-order valence-electron chi connectivity index (χ0n) is 10.4. The fraction of sp³-hybridized carbons (Fsp3) is 0.538. The summed E-state index contributed by atoms with van der Waals surface area (Å²) in [5.41, 5.74) is 5.84. The predicted octanol–water partition coefficient (Wildman–Crippen LogP) is 3.55. The summed E-state index contributed by atoms with van der Waals surface area (Å²) < 4.78 is 14.0. The van der Waals surface area contributed by atoms with E-state index in [0.717, 1.165) is 5.56 Å². The highest BCUT2D eigenvalue weighted by Crippen LogP contribution is 2.29. The number of hydrogen-bond acceptors (Lipinski definition) is 1. The van der Waals surface area contributed by atoms with Crippen molar-refractivity contribution >= 4 is 12.4 Å². The first-order valence-corrected chi connectivity index (χ1v) is 5.27. The van der Waals surface area contributed by atoms with Gasteiger partial charge in [-0.15, -0.1) is 12.4 Å². The van der Waals surface area contributed by atoms with E-state index in [9.17, 15) is 4.39 Å². The van der Waals surface area contributed by atoms with Crippen molar-refractivity contribution in [3.8, 4) is 0 Å². The van der Waals surface area contributed by atoms with E-state index in [0.29, 0.717) is 5.56 Å². The van der Waals surface area contributed by atoms with Crippen molar-refractivity contribution in [1.82, 2.24) is 0 Å². The third kappa shape index (κ3) is 3.46. The molecule has 0 saturated heterocycles. The standard InChI is InChI=1S/C13H20FN.ClH/c1-12(2,3)10-6-5-7-11(8-10)13(4,14)9-15;/h5-8H,9,15H2,1-4H3;1H. The van der Waals surface area contributed by atoms with Crippen LogP contribution in [0.1, 0.15) is 38.8 Å². The molecule has 0 radical (unpaired) electrons. The number of hydrogen-bond donors (Lipinski definition) is 1. The van der Waals surface area contributed by atoms with Crippen molar-refractivity contribution in [2.75, 3.05) is 6.54 Å². The van der Waals surface area contributed by atoms with Crippen molar-refractivity contribution < 1.29 is 4.39 Å². The van der Waals surface area contributed by atoms with Gasteiger partial charge < -0.3 is 5.73 Å². The molecule has 2 N–H and O–H groups in total. The molecular weight excluding hydrogens is 225 g/mol. The zero-order chi connectivity index (χ0) is 11.7. The second-order valence-electron chi connectivity index (χ2n) is 5.23. The van der Waals surface area contributed by atoms with Crippen molar-refractivity contribution in [1.29, 1.82) is 0 Å². The SMILES string of the molecule is CC(C)(C)c1cccc(C(C)(F)CN)c1.Cl. The lowest BCUT2D eigenvalue weighted by molar-refractivity contribution is 0.203. The first-order chi connectivity index (χ1) is 6.77. The summed E-state index contributed by atoms with van der Waals surface area (Å²) >= 11 is 0. The van der Waals surface area contributed by atoms with Crippen LogP contribution >= 0.6 is 12.4 Å². The summed E-state index contributed by atoms with van der Waals surface area (Å²) in [7, 11) is 0. The maximum atomic E-state index is 14.0. The van der Waals surface area contributed by atoms with Crippen LogP contribution in [-0.2, 0) is 11.1 Å². The van der Waals surface area contributed by atoms with Gasteiger partial charge in [-0.05, 0) is 23.5 Å². The van der Waals surface area contributed by atoms with Gasteiger partial charge in [0.2, 0.25) is 0 Å². The van der Waals surface area contributed by atoms with E-state index in [1.54, 1.807) is 6.07 Å². The molecule has 1 aromatic carbocycles. The molecule has 16 heavy (non-hydrogen) atoms. The van der Waals surface area contributed by atoms with Gasteiger partial charge in [0.05, 0.1) is 0 Å². The van der Waals surface area contributed by atoms with E-state index in [4.69, 9.17) is 5.73 Å². The molecular formula is C13H21ClFN. The van der Waals surface area contributed by atoms with Gasteiger partial charge in [-0.25, -0.2) is 4.39 Å². The number of benzene rings is 1. The van der Waals surface area contributed by atoms with E-state index in [1.807, 2.05) is 18.2 Å². The van der Waals surface area contributed by atoms with Crippen LogP contribution < -0.4 is 5.73 Å². The van der Waals surface area contributed by atoms with Crippen LogP contribution in [0.5, 0.6) is 0 Å². The number of nitrogens with two attached hydrogens (primary N) is 1. The van der Waals surface area contributed by atoms with Crippen LogP contribution in [0.25, 0.3) is 0 Å². The minimum Gasteiger partial charge on any atom is -0.327 e. The second kappa shape index (κ2) is 5.15. The maximum absolute atomic E-state index is 14.0. The fourth-order valence-corrected chi connectivity index (χ4v) is 1.43. The highest BCUT2D eigenvalue weighted by Gasteiger charge is 2.25. The Bertz CT molecular complexity index is 342. The third-order valence-electron chi connectivity index (χ3n) is 2.71. The summed E-state index contributed by atoms with van der Waals surface area (Å²) in [6.45, 7) is 7.88. The molecule has 0 saturated carbocycles. The van der Waals surface area contributed by atoms with Crippen molar-refractivity contribution in [3.63, 3.8) is 0 Å². The quantitative estimate of drug-likeness (QED) is 0.847. The van der Waals surface area contributed by atoms with Crippen LogP contribution in [-0.4, -0.2) is 6.54 Å². The van der Waals surface area contributed by atoms with Crippen molar-refractivity contribution in [2.45, 2.75) is 38.8 Å². The fourth-order valence-electron chi connectivity index (χ4n) is 1.43. The van der Waals surface area contributed by atoms with E-state index >= 15 is 0 Å². The summed E-state index contributed by atoms with van der Waals surface area (Å²) in [6.07, 6.45) is 0. The van der Waals surface area contributed by atoms with Crippen LogP contribution in [0.3, 0.4) is 0 Å². The number of alkyl halides is 1. The van der Waals surface area contributed by atoms with E-state index < -0.39 is 5.67 Å². The van der Waals surface area contributed by atoms with Crippen LogP contribution in [0.2, 0.25) is 0 Å². The van der Waals surface area contributed by atoms with Crippen LogP contribution in [0.4, 0.5) is 4.39 Å². The van der Waals surface area contributed by atoms with Crippen LogP contribution in [0, 0.1) is 0 Å². The molecule has 0 heterocycles. The van der Waals surface area contributed by atoms with Gasteiger partial charge in [0.15, 0.2) is 0 Å². The largest absolute Gasteiger partial charge is 0.327 e. The molecule has 0 spiro atoms. The highest BCUT2D eigenvalue weighted by molar-refractivity contribution is 5.85. The lowest BCUT2D eigenvalue weighted by atomic mass is 9.84. The van der Waals surface area contributed by atoms with Gasteiger partial charge in [0, 0.05) is 6.54 Å². The van der Waals surface area contributed by atoms with Crippen LogP contribution in [0.15, 0.2) is 24.3 Å². The Balaban J connectivity index is 0.00000225. The Hall–Kier alpha value is -0.600. The average Bonchev–Trinajstić information content (AvgIpc) is 2.17. The summed E-state index contributed by atoms with van der Waals surface area (Å²) in [6, 6.07) is 7.62. The van der Waals surface area contributed by atoms with Crippen molar-refractivity contribution in [3.05, 3.63) is 35.4 Å². The zero-order valence-corrected chi connectivity index (χ0v) is 11.2. The van der Waals surface area contributed by atoms with E-state index in [2.05, 4.69) is 20.8 Å². The van der Waals surface area contributed by atoms with Crippen molar-refractivity contribution in [2.24, 2.45) is 5.73 Å². The Morgan fingerprint density at radius 2 is 1.62 bits per heavy atom. The molecule has 1 rings (SSSR count). The lowest BCUT2D eigenvalue weighted by Gasteiger charge is -2.24. The molecule has 0 amide bonds. The molecule has 0 aromatic heterocycles. The Labute approximate surface area is 104 Å². The molecule has 1 nitrogen and oxygen atoms in total. The van der Waals surface area contributed by atoms with Gasteiger partial charge in [0.1, 0.15) is 5.67 Å². The Kier molecular flexibility index (Phi) is 4.96. The molecule has 1 unspecified atom stereocenters. The molecule has 3 heteroatoms. The number of halogens is 2. The predicted molar refractivity (Wildman–Crippen MR) is 69.9 cm³/mol. The molecule has 0 fully saturated rings. The smallest absolute Gasteiger partial charge is 0.145 e. The Morgan fingerprint density at radius 1 is 1.12 bits per heavy atom. The van der Waals surface area contributed by atoms with Gasteiger partial charge in [-0.3, -0.25) is 0 Å². The molecule has 1 atom stereocenters. The van der Waals surface area contributed by atoms with Gasteiger partial charge in [0.25, 0.3) is 0 Å².